The van der Waals surface area contributed by atoms with Crippen LogP contribution in [0, 0.1) is 17.2 Å². The highest BCUT2D eigenvalue weighted by Gasteiger charge is 2.10. The van der Waals surface area contributed by atoms with Gasteiger partial charge in [-0.1, -0.05) is 11.6 Å². The van der Waals surface area contributed by atoms with Crippen LogP contribution >= 0.6 is 11.6 Å². The number of phenols is 1. The van der Waals surface area contributed by atoms with E-state index in [-0.39, 0.29) is 11.7 Å². The number of hydrogen-bond donors (Lipinski definition) is 2. The predicted molar refractivity (Wildman–Crippen MR) is 66.2 cm³/mol. The molecule has 0 heterocycles. The summed E-state index contributed by atoms with van der Waals surface area (Å²) in [4.78, 5) is 0. The largest absolute Gasteiger partial charge is 0.504 e. The van der Waals surface area contributed by atoms with Crippen LogP contribution in [0.2, 0.25) is 5.02 Å². The summed E-state index contributed by atoms with van der Waals surface area (Å²) in [5.41, 5.74) is 0.652. The second-order valence-corrected chi connectivity index (χ2v) is 4.21. The summed E-state index contributed by atoms with van der Waals surface area (Å²) in [5.74, 6) is 0.356. The highest BCUT2D eigenvalue weighted by atomic mass is 35.5. The molecule has 1 atom stereocenters. The van der Waals surface area contributed by atoms with E-state index >= 15 is 0 Å². The zero-order chi connectivity index (χ0) is 12.8. The Morgan fingerprint density at radius 1 is 1.59 bits per heavy atom. The molecule has 1 rings (SSSR count). The summed E-state index contributed by atoms with van der Waals surface area (Å²) >= 11 is 5.90. The van der Waals surface area contributed by atoms with Crippen LogP contribution in [0.15, 0.2) is 12.1 Å². The van der Waals surface area contributed by atoms with E-state index in [2.05, 4.69) is 11.4 Å². The molecule has 0 saturated carbocycles. The van der Waals surface area contributed by atoms with Crippen LogP contribution in [0.1, 0.15) is 12.5 Å². The van der Waals surface area contributed by atoms with Gasteiger partial charge >= 0.3 is 0 Å². The minimum atomic E-state index is -0.0711. The number of benzene rings is 1. The lowest BCUT2D eigenvalue weighted by Crippen LogP contribution is -2.19. The zero-order valence-electron chi connectivity index (χ0n) is 9.83. The van der Waals surface area contributed by atoms with Gasteiger partial charge in [0.2, 0.25) is 0 Å². The van der Waals surface area contributed by atoms with Crippen LogP contribution < -0.4 is 10.1 Å². The van der Waals surface area contributed by atoms with Crippen molar-refractivity contribution < 1.29 is 9.84 Å². The van der Waals surface area contributed by atoms with Crippen LogP contribution in [-0.4, -0.2) is 18.8 Å². The fraction of sp³-hybridized carbons (Fsp3) is 0.417. The molecule has 0 radical (unpaired) electrons. The molecule has 0 saturated heterocycles. The normalized spacial score (nSPS) is 11.9. The van der Waals surface area contributed by atoms with Crippen molar-refractivity contribution in [2.75, 3.05) is 13.7 Å². The standard InChI is InChI=1S/C12H15ClN2O2/c1-8(5-14)6-15-7-9-3-10(13)4-11(17-2)12(9)16/h3-4,8,15-16H,6-7H2,1-2H3. The number of methoxy groups -OCH3 is 1. The van der Waals surface area contributed by atoms with Crippen molar-refractivity contribution in [3.8, 4) is 17.6 Å². The number of nitrogens with one attached hydrogen (secondary N) is 1. The number of nitriles is 1. The van der Waals surface area contributed by atoms with E-state index in [0.29, 0.717) is 29.4 Å². The Bertz CT molecular complexity index is 429. The Morgan fingerprint density at radius 2 is 2.29 bits per heavy atom. The molecular formula is C12H15ClN2O2. The van der Waals surface area contributed by atoms with Crippen LogP contribution in [-0.2, 0) is 6.54 Å². The maximum Gasteiger partial charge on any atom is 0.162 e. The van der Waals surface area contributed by atoms with Crippen LogP contribution in [0.5, 0.6) is 11.5 Å². The first-order valence-corrected chi connectivity index (χ1v) is 5.62. The zero-order valence-corrected chi connectivity index (χ0v) is 10.6. The number of nitrogens with zero attached hydrogens (tertiary/aromatic N) is 1. The Balaban J connectivity index is 2.71. The van der Waals surface area contributed by atoms with Gasteiger partial charge in [-0.3, -0.25) is 0 Å². The summed E-state index contributed by atoms with van der Waals surface area (Å²) in [6.45, 7) is 2.82. The maximum atomic E-state index is 9.85. The summed E-state index contributed by atoms with van der Waals surface area (Å²) in [5, 5.41) is 22.1. The molecule has 0 aliphatic rings. The van der Waals surface area contributed by atoms with Crippen molar-refractivity contribution in [1.82, 2.24) is 5.32 Å². The van der Waals surface area contributed by atoms with Gasteiger partial charge in [-0.2, -0.15) is 5.26 Å². The number of aromatic hydroxyl groups is 1. The van der Waals surface area contributed by atoms with Crippen molar-refractivity contribution in [2.45, 2.75) is 13.5 Å². The minimum Gasteiger partial charge on any atom is -0.504 e. The van der Waals surface area contributed by atoms with Gasteiger partial charge in [-0.15, -0.1) is 0 Å². The van der Waals surface area contributed by atoms with E-state index in [0.717, 1.165) is 0 Å². The van der Waals surface area contributed by atoms with Crippen molar-refractivity contribution in [2.24, 2.45) is 5.92 Å². The van der Waals surface area contributed by atoms with Gasteiger partial charge in [0.1, 0.15) is 0 Å². The van der Waals surface area contributed by atoms with Gasteiger partial charge in [0.15, 0.2) is 11.5 Å². The third kappa shape index (κ3) is 3.81. The molecule has 0 aromatic heterocycles. The van der Waals surface area contributed by atoms with Crippen molar-refractivity contribution in [1.29, 1.82) is 5.26 Å². The molecule has 1 aromatic rings. The Morgan fingerprint density at radius 3 is 2.88 bits per heavy atom. The molecule has 0 amide bonds. The summed E-state index contributed by atoms with van der Waals surface area (Å²) in [6, 6.07) is 5.35. The van der Waals surface area contributed by atoms with E-state index in [1.807, 2.05) is 6.92 Å². The van der Waals surface area contributed by atoms with E-state index in [1.54, 1.807) is 12.1 Å². The number of halogens is 1. The van der Waals surface area contributed by atoms with Crippen molar-refractivity contribution in [3.05, 3.63) is 22.7 Å². The lowest BCUT2D eigenvalue weighted by atomic mass is 10.1. The molecule has 5 heteroatoms. The highest BCUT2D eigenvalue weighted by Crippen LogP contribution is 2.33. The average Bonchev–Trinajstić information content (AvgIpc) is 2.32. The fourth-order valence-electron chi connectivity index (χ4n) is 1.39. The Labute approximate surface area is 106 Å². The van der Waals surface area contributed by atoms with Gasteiger partial charge in [-0.05, 0) is 13.0 Å². The monoisotopic (exact) mass is 254 g/mol. The number of hydrogen-bond acceptors (Lipinski definition) is 4. The smallest absolute Gasteiger partial charge is 0.162 e. The minimum absolute atomic E-state index is 0.0711. The molecule has 1 unspecified atom stereocenters. The van der Waals surface area contributed by atoms with Gasteiger partial charge < -0.3 is 15.2 Å². The number of phenolic OH excluding ortho intramolecular Hbond substituents is 1. The Hall–Kier alpha value is -1.44. The van der Waals surface area contributed by atoms with Crippen LogP contribution in [0.4, 0.5) is 0 Å². The second-order valence-electron chi connectivity index (χ2n) is 3.78. The topological polar surface area (TPSA) is 65.3 Å². The summed E-state index contributed by atoms with van der Waals surface area (Å²) in [7, 11) is 1.47. The van der Waals surface area contributed by atoms with E-state index in [1.165, 1.54) is 7.11 Å². The molecule has 2 N–H and O–H groups in total. The lowest BCUT2D eigenvalue weighted by Gasteiger charge is -2.11. The SMILES string of the molecule is COc1cc(Cl)cc(CNCC(C)C#N)c1O. The average molecular weight is 255 g/mol. The van der Waals surface area contributed by atoms with Gasteiger partial charge in [-0.25, -0.2) is 0 Å². The van der Waals surface area contributed by atoms with Crippen molar-refractivity contribution in [3.63, 3.8) is 0 Å². The quantitative estimate of drug-likeness (QED) is 0.846. The third-order valence-corrected chi connectivity index (χ3v) is 2.54. The molecule has 1 aromatic carbocycles. The first-order chi connectivity index (χ1) is 8.08. The van der Waals surface area contributed by atoms with Crippen LogP contribution in [0.25, 0.3) is 0 Å². The molecule has 0 fully saturated rings. The first kappa shape index (κ1) is 13.6. The first-order valence-electron chi connectivity index (χ1n) is 5.24. The van der Waals surface area contributed by atoms with Crippen molar-refractivity contribution >= 4 is 11.6 Å². The molecular weight excluding hydrogens is 240 g/mol. The van der Waals surface area contributed by atoms with Gasteiger partial charge in [0.25, 0.3) is 0 Å². The highest BCUT2D eigenvalue weighted by molar-refractivity contribution is 6.30. The molecule has 0 bridgehead atoms. The predicted octanol–water partition coefficient (Wildman–Crippen LogP) is 2.30. The number of rotatable bonds is 5. The summed E-state index contributed by atoms with van der Waals surface area (Å²) < 4.78 is 5.00. The van der Waals surface area contributed by atoms with Gasteiger partial charge in [0, 0.05) is 29.7 Å². The maximum absolute atomic E-state index is 9.85. The molecule has 4 nitrogen and oxygen atoms in total. The molecule has 0 aliphatic carbocycles. The molecule has 17 heavy (non-hydrogen) atoms. The van der Waals surface area contributed by atoms with E-state index < -0.39 is 0 Å². The van der Waals surface area contributed by atoms with Gasteiger partial charge in [0.05, 0.1) is 19.1 Å². The lowest BCUT2D eigenvalue weighted by molar-refractivity contribution is 0.369. The molecule has 0 aliphatic heterocycles. The third-order valence-electron chi connectivity index (χ3n) is 2.32. The van der Waals surface area contributed by atoms with Crippen LogP contribution in [0.3, 0.4) is 0 Å². The fourth-order valence-corrected chi connectivity index (χ4v) is 1.62. The van der Waals surface area contributed by atoms with E-state index in [4.69, 9.17) is 21.6 Å². The summed E-state index contributed by atoms with van der Waals surface area (Å²) in [6.07, 6.45) is 0. The second kappa shape index (κ2) is 6.33. The molecule has 0 spiro atoms. The Kier molecular flexibility index (Phi) is 5.08. The molecule has 92 valence electrons. The van der Waals surface area contributed by atoms with E-state index in [9.17, 15) is 5.11 Å². The number of ether oxygens (including phenoxy) is 1.